The minimum absolute atomic E-state index is 0.483. The molecule has 0 amide bonds. The highest BCUT2D eigenvalue weighted by Crippen LogP contribution is 2.48. The van der Waals surface area contributed by atoms with Crippen LogP contribution in [-0.4, -0.2) is 25.1 Å². The molecule has 0 bridgehead atoms. The largest absolute Gasteiger partial charge is 0.348 e. The van der Waals surface area contributed by atoms with Crippen molar-refractivity contribution in [2.24, 2.45) is 4.99 Å². The normalized spacial score (nSPS) is 23.4. The van der Waals surface area contributed by atoms with Crippen molar-refractivity contribution in [3.63, 3.8) is 0 Å². The molecule has 1 saturated carbocycles. The first kappa shape index (κ1) is 13.8. The quantitative estimate of drug-likeness (QED) is 0.621. The summed E-state index contributed by atoms with van der Waals surface area (Å²) in [5.41, 5.74) is 0.290. The third-order valence-electron chi connectivity index (χ3n) is 4.29. The number of nitrogens with zero attached hydrogens (tertiary/aromatic N) is 1. The number of hydrogen-bond acceptors (Lipinski definition) is 4. The Hall–Kier alpha value is -1.19. The lowest BCUT2D eigenvalue weighted by atomic mass is 9.74. The lowest BCUT2D eigenvalue weighted by Gasteiger charge is -2.41. The molecule has 1 aliphatic carbocycles. The van der Waals surface area contributed by atoms with Gasteiger partial charge in [0.25, 0.3) is 0 Å². The monoisotopic (exact) mass is 293 g/mol. The zero-order valence-corrected chi connectivity index (χ0v) is 11.9. The van der Waals surface area contributed by atoms with Crippen LogP contribution in [0.4, 0.5) is 0 Å². The minimum Gasteiger partial charge on any atom is -0.348 e. The topological polar surface area (TPSA) is 47.9 Å². The van der Waals surface area contributed by atoms with Gasteiger partial charge in [0, 0.05) is 17.9 Å². The fraction of sp³-hybridized carbons (Fsp3) is 0.533. The molecule has 0 atom stereocenters. The van der Waals surface area contributed by atoms with Gasteiger partial charge in [-0.15, -0.1) is 0 Å². The lowest BCUT2D eigenvalue weighted by molar-refractivity contribution is -0.184. The number of halogens is 1. The molecule has 0 radical (unpaired) electrons. The van der Waals surface area contributed by atoms with Gasteiger partial charge in [-0.05, 0) is 24.5 Å². The maximum atomic E-state index is 10.9. The van der Waals surface area contributed by atoms with Gasteiger partial charge in [-0.1, -0.05) is 29.8 Å². The Labute approximate surface area is 122 Å². The van der Waals surface area contributed by atoms with Crippen molar-refractivity contribution in [1.82, 2.24) is 0 Å². The molecule has 1 aromatic carbocycles. The maximum absolute atomic E-state index is 10.9. The first-order valence-corrected chi connectivity index (χ1v) is 7.20. The maximum Gasteiger partial charge on any atom is 0.235 e. The zero-order chi connectivity index (χ0) is 14.1. The number of aliphatic imine (C=N–C) groups is 1. The van der Waals surface area contributed by atoms with Crippen molar-refractivity contribution in [3.05, 3.63) is 34.9 Å². The molecule has 0 aromatic heterocycles. The second-order valence-corrected chi connectivity index (χ2v) is 5.73. The Morgan fingerprint density at radius 2 is 1.75 bits per heavy atom. The lowest BCUT2D eigenvalue weighted by Crippen LogP contribution is -2.41. The molecule has 0 N–H and O–H groups in total. The Kier molecular flexibility index (Phi) is 3.65. The SMILES string of the molecule is O=C=NC1(c2ccccc2Cl)CCC2(CC1)OCCO2. The molecule has 2 fully saturated rings. The summed E-state index contributed by atoms with van der Waals surface area (Å²) in [7, 11) is 0. The molecule has 1 spiro atoms. The van der Waals surface area contributed by atoms with Crippen LogP contribution in [0.15, 0.2) is 29.3 Å². The first-order chi connectivity index (χ1) is 9.70. The van der Waals surface area contributed by atoms with Crippen LogP contribution in [0.5, 0.6) is 0 Å². The van der Waals surface area contributed by atoms with E-state index in [9.17, 15) is 4.79 Å². The summed E-state index contributed by atoms with van der Waals surface area (Å²) in [5, 5.41) is 0.635. The van der Waals surface area contributed by atoms with Crippen LogP contribution in [0.3, 0.4) is 0 Å². The van der Waals surface area contributed by atoms with E-state index in [1.54, 1.807) is 6.08 Å². The molecule has 1 aromatic rings. The van der Waals surface area contributed by atoms with Crippen molar-refractivity contribution in [2.45, 2.75) is 37.0 Å². The Morgan fingerprint density at radius 1 is 1.10 bits per heavy atom. The second kappa shape index (κ2) is 5.30. The highest BCUT2D eigenvalue weighted by Gasteiger charge is 2.47. The highest BCUT2D eigenvalue weighted by molar-refractivity contribution is 6.31. The van der Waals surface area contributed by atoms with Gasteiger partial charge in [0.15, 0.2) is 5.79 Å². The molecule has 1 heterocycles. The highest BCUT2D eigenvalue weighted by atomic mass is 35.5. The predicted molar refractivity (Wildman–Crippen MR) is 74.4 cm³/mol. The molecular formula is C15H16ClNO3. The van der Waals surface area contributed by atoms with E-state index in [-0.39, 0.29) is 0 Å². The standard InChI is InChI=1S/C15H16ClNO3/c16-13-4-2-1-3-12(13)14(17-11-18)5-7-15(8-6-14)19-9-10-20-15/h1-4H,5-10H2. The van der Waals surface area contributed by atoms with Crippen LogP contribution in [0, 0.1) is 0 Å². The number of isocyanates is 1. The summed E-state index contributed by atoms with van der Waals surface area (Å²) < 4.78 is 11.4. The van der Waals surface area contributed by atoms with E-state index in [1.165, 1.54) is 0 Å². The Morgan fingerprint density at radius 3 is 2.35 bits per heavy atom. The van der Waals surface area contributed by atoms with Gasteiger partial charge in [-0.25, -0.2) is 4.79 Å². The van der Waals surface area contributed by atoms with E-state index >= 15 is 0 Å². The molecule has 4 nitrogen and oxygen atoms in total. The average Bonchev–Trinajstić information content (AvgIpc) is 2.92. The number of benzene rings is 1. The Bertz CT molecular complexity index is 538. The summed E-state index contributed by atoms with van der Waals surface area (Å²) >= 11 is 6.28. The fourth-order valence-electron chi connectivity index (χ4n) is 3.20. The van der Waals surface area contributed by atoms with Crippen molar-refractivity contribution in [1.29, 1.82) is 0 Å². The predicted octanol–water partition coefficient (Wildman–Crippen LogP) is 3.19. The molecule has 106 valence electrons. The molecule has 1 saturated heterocycles. The van der Waals surface area contributed by atoms with E-state index in [0.717, 1.165) is 5.56 Å². The van der Waals surface area contributed by atoms with Gasteiger partial charge in [0.05, 0.1) is 13.2 Å². The summed E-state index contributed by atoms with van der Waals surface area (Å²) in [6.07, 6.45) is 4.49. The number of rotatable bonds is 2. The molecular weight excluding hydrogens is 278 g/mol. The summed E-state index contributed by atoms with van der Waals surface area (Å²) in [5.74, 6) is -0.483. The molecule has 2 aliphatic rings. The third kappa shape index (κ3) is 2.29. The van der Waals surface area contributed by atoms with Gasteiger partial charge >= 0.3 is 0 Å². The molecule has 20 heavy (non-hydrogen) atoms. The van der Waals surface area contributed by atoms with E-state index in [4.69, 9.17) is 21.1 Å². The van der Waals surface area contributed by atoms with Gasteiger partial charge in [0.2, 0.25) is 6.08 Å². The van der Waals surface area contributed by atoms with Crippen LogP contribution >= 0.6 is 11.6 Å². The Balaban J connectivity index is 1.91. The van der Waals surface area contributed by atoms with Crippen molar-refractivity contribution >= 4 is 17.7 Å². The van der Waals surface area contributed by atoms with E-state index < -0.39 is 11.3 Å². The van der Waals surface area contributed by atoms with Crippen molar-refractivity contribution in [2.75, 3.05) is 13.2 Å². The minimum atomic E-state index is -0.597. The molecule has 5 heteroatoms. The van der Waals surface area contributed by atoms with Crippen LogP contribution in [-0.2, 0) is 19.8 Å². The number of carbonyl (C=O) groups excluding carboxylic acids is 1. The van der Waals surface area contributed by atoms with Crippen LogP contribution in [0.2, 0.25) is 5.02 Å². The van der Waals surface area contributed by atoms with Crippen LogP contribution in [0.1, 0.15) is 31.2 Å². The van der Waals surface area contributed by atoms with Gasteiger partial charge < -0.3 is 9.47 Å². The van der Waals surface area contributed by atoms with Crippen LogP contribution in [0.25, 0.3) is 0 Å². The van der Waals surface area contributed by atoms with Gasteiger partial charge in [-0.2, -0.15) is 4.99 Å². The summed E-state index contributed by atoms with van der Waals surface area (Å²) in [6, 6.07) is 7.54. The van der Waals surface area contributed by atoms with Crippen molar-refractivity contribution < 1.29 is 14.3 Å². The van der Waals surface area contributed by atoms with Gasteiger partial charge in [-0.3, -0.25) is 0 Å². The summed E-state index contributed by atoms with van der Waals surface area (Å²) in [6.45, 7) is 1.27. The second-order valence-electron chi connectivity index (χ2n) is 5.32. The number of hydrogen-bond donors (Lipinski definition) is 0. The van der Waals surface area contributed by atoms with Crippen molar-refractivity contribution in [3.8, 4) is 0 Å². The summed E-state index contributed by atoms with van der Waals surface area (Å²) in [4.78, 5) is 15.0. The van der Waals surface area contributed by atoms with Gasteiger partial charge in [0.1, 0.15) is 5.54 Å². The van der Waals surface area contributed by atoms with Crippen LogP contribution < -0.4 is 0 Å². The van der Waals surface area contributed by atoms with E-state index in [2.05, 4.69) is 4.99 Å². The third-order valence-corrected chi connectivity index (χ3v) is 4.62. The zero-order valence-electron chi connectivity index (χ0n) is 11.1. The molecule has 1 aliphatic heterocycles. The first-order valence-electron chi connectivity index (χ1n) is 6.82. The van der Waals surface area contributed by atoms with E-state index in [1.807, 2.05) is 24.3 Å². The average molecular weight is 294 g/mol. The fourth-order valence-corrected chi connectivity index (χ4v) is 3.51. The van der Waals surface area contributed by atoms with E-state index in [0.29, 0.717) is 43.9 Å². The molecule has 0 unspecified atom stereocenters. The molecule has 3 rings (SSSR count). The smallest absolute Gasteiger partial charge is 0.235 e. The number of ether oxygens (including phenoxy) is 2.